The van der Waals surface area contributed by atoms with Gasteiger partial charge in [-0.3, -0.25) is 4.79 Å². The van der Waals surface area contributed by atoms with Crippen LogP contribution >= 0.6 is 11.6 Å². The monoisotopic (exact) mass is 472 g/mol. The van der Waals surface area contributed by atoms with Gasteiger partial charge in [0.05, 0.1) is 27.4 Å². The molecule has 9 heteroatoms. The molecule has 0 aliphatic carbocycles. The average Bonchev–Trinajstić information content (AvgIpc) is 2.76. The third-order valence-corrected chi connectivity index (χ3v) is 6.29. The van der Waals surface area contributed by atoms with Gasteiger partial charge in [-0.2, -0.15) is 9.78 Å². The fourth-order valence-corrected chi connectivity index (χ4v) is 4.00. The lowest BCUT2D eigenvalue weighted by atomic mass is 9.97. The highest BCUT2D eigenvalue weighted by Crippen LogP contribution is 2.30. The largest absolute Gasteiger partial charge is 0.280 e. The number of benzene rings is 3. The smallest absolute Gasteiger partial charge is 0.267 e. The average molecular weight is 473 g/mol. The topological polar surface area (TPSA) is 69.0 Å². The van der Waals surface area contributed by atoms with Crippen LogP contribution in [0, 0.1) is 11.6 Å². The van der Waals surface area contributed by atoms with Crippen molar-refractivity contribution in [1.82, 2.24) is 9.78 Å². The second-order valence-electron chi connectivity index (χ2n) is 7.05. The molecule has 1 aromatic heterocycles. The first-order chi connectivity index (χ1) is 15.1. The van der Waals surface area contributed by atoms with Gasteiger partial charge >= 0.3 is 0 Å². The summed E-state index contributed by atoms with van der Waals surface area (Å²) in [5.41, 5.74) is 1.16. The standard InChI is InChI=1S/C23H15ClF2N2O3S/c1-32(30,31)18-9-4-14(5-10-18)19-13-27-28(17-8-11-20(24)21(26)12-17)23(29)22(19)15-2-6-16(25)7-3-15/h2-13H,1H3. The van der Waals surface area contributed by atoms with E-state index in [1.807, 2.05) is 0 Å². The van der Waals surface area contributed by atoms with Gasteiger partial charge in [0.1, 0.15) is 11.6 Å². The lowest BCUT2D eigenvalue weighted by Gasteiger charge is -2.13. The SMILES string of the molecule is CS(=O)(=O)c1ccc(-c2cnn(-c3ccc(Cl)c(F)c3)c(=O)c2-c2ccc(F)cc2)cc1. The number of rotatable bonds is 4. The van der Waals surface area contributed by atoms with Crippen molar-refractivity contribution < 1.29 is 17.2 Å². The van der Waals surface area contributed by atoms with Crippen molar-refractivity contribution in [3.63, 3.8) is 0 Å². The Morgan fingerprint density at radius 1 is 0.906 bits per heavy atom. The van der Waals surface area contributed by atoms with Crippen LogP contribution in [0.15, 0.2) is 82.6 Å². The summed E-state index contributed by atoms with van der Waals surface area (Å²) >= 11 is 5.74. The number of nitrogens with zero attached hydrogens (tertiary/aromatic N) is 2. The van der Waals surface area contributed by atoms with E-state index in [0.29, 0.717) is 16.7 Å². The minimum absolute atomic E-state index is 0.0943. The Kier molecular flexibility index (Phi) is 5.66. The summed E-state index contributed by atoms with van der Waals surface area (Å²) < 4.78 is 52.0. The van der Waals surface area contributed by atoms with Crippen molar-refractivity contribution in [1.29, 1.82) is 0 Å². The van der Waals surface area contributed by atoms with Gasteiger partial charge in [0.25, 0.3) is 5.56 Å². The molecule has 0 spiro atoms. The maximum Gasteiger partial charge on any atom is 0.280 e. The number of hydrogen-bond donors (Lipinski definition) is 0. The maximum atomic E-state index is 14.0. The molecule has 0 fully saturated rings. The van der Waals surface area contributed by atoms with Gasteiger partial charge in [-0.25, -0.2) is 17.2 Å². The van der Waals surface area contributed by atoms with Crippen LogP contribution < -0.4 is 5.56 Å². The molecule has 0 aliphatic heterocycles. The molecule has 0 saturated heterocycles. The predicted octanol–water partition coefficient (Wildman–Crippen LogP) is 4.90. The van der Waals surface area contributed by atoms with E-state index in [9.17, 15) is 22.0 Å². The van der Waals surface area contributed by atoms with Crippen molar-refractivity contribution in [2.75, 3.05) is 6.26 Å². The summed E-state index contributed by atoms with van der Waals surface area (Å²) in [4.78, 5) is 13.6. The van der Waals surface area contributed by atoms with Gasteiger partial charge in [0, 0.05) is 17.9 Å². The van der Waals surface area contributed by atoms with Crippen LogP contribution in [-0.2, 0) is 9.84 Å². The lowest BCUT2D eigenvalue weighted by molar-refractivity contribution is 0.602. The molecule has 4 aromatic rings. The third kappa shape index (κ3) is 4.19. The Labute approximate surface area is 187 Å². The molecule has 0 amide bonds. The quantitative estimate of drug-likeness (QED) is 0.423. The molecular formula is C23H15ClF2N2O3S. The van der Waals surface area contributed by atoms with E-state index in [0.717, 1.165) is 17.0 Å². The van der Waals surface area contributed by atoms with Crippen molar-refractivity contribution >= 4 is 21.4 Å². The molecule has 4 rings (SSSR count). The van der Waals surface area contributed by atoms with E-state index in [1.165, 1.54) is 54.7 Å². The van der Waals surface area contributed by atoms with Crippen LogP contribution in [0.25, 0.3) is 27.9 Å². The van der Waals surface area contributed by atoms with Gasteiger partial charge in [-0.15, -0.1) is 0 Å². The Balaban J connectivity index is 1.96. The highest BCUT2D eigenvalue weighted by atomic mass is 35.5. The molecule has 1 heterocycles. The zero-order valence-electron chi connectivity index (χ0n) is 16.6. The van der Waals surface area contributed by atoms with Crippen molar-refractivity contribution in [3.05, 3.63) is 99.9 Å². The van der Waals surface area contributed by atoms with E-state index < -0.39 is 27.0 Å². The highest BCUT2D eigenvalue weighted by molar-refractivity contribution is 7.90. The summed E-state index contributed by atoms with van der Waals surface area (Å²) in [6, 6.07) is 15.2. The molecule has 0 bridgehead atoms. The van der Waals surface area contributed by atoms with Gasteiger partial charge in [0.15, 0.2) is 9.84 Å². The zero-order chi connectivity index (χ0) is 23.0. The normalized spacial score (nSPS) is 11.5. The van der Waals surface area contributed by atoms with Gasteiger partial charge in [-0.1, -0.05) is 35.9 Å². The number of halogens is 3. The van der Waals surface area contributed by atoms with Crippen molar-refractivity contribution in [2.45, 2.75) is 4.90 Å². The summed E-state index contributed by atoms with van der Waals surface area (Å²) in [6.45, 7) is 0. The van der Waals surface area contributed by atoms with Crippen molar-refractivity contribution in [2.24, 2.45) is 0 Å². The van der Waals surface area contributed by atoms with Gasteiger partial charge < -0.3 is 0 Å². The Morgan fingerprint density at radius 2 is 1.53 bits per heavy atom. The van der Waals surface area contributed by atoms with Crippen LogP contribution in [0.5, 0.6) is 0 Å². The molecule has 32 heavy (non-hydrogen) atoms. The molecule has 162 valence electrons. The van der Waals surface area contributed by atoms with E-state index >= 15 is 0 Å². The molecule has 0 aliphatic rings. The summed E-state index contributed by atoms with van der Waals surface area (Å²) in [5.74, 6) is -1.18. The van der Waals surface area contributed by atoms with Crippen molar-refractivity contribution in [3.8, 4) is 27.9 Å². The van der Waals surface area contributed by atoms with Crippen LogP contribution in [0.1, 0.15) is 0 Å². The molecular weight excluding hydrogens is 458 g/mol. The van der Waals surface area contributed by atoms with Crippen LogP contribution in [0.3, 0.4) is 0 Å². The highest BCUT2D eigenvalue weighted by Gasteiger charge is 2.18. The minimum atomic E-state index is -3.40. The van der Waals surface area contributed by atoms with Gasteiger partial charge in [-0.05, 0) is 47.5 Å². The Bertz CT molecular complexity index is 1480. The molecule has 0 saturated carbocycles. The third-order valence-electron chi connectivity index (χ3n) is 4.85. The number of sulfone groups is 1. The first-order valence-corrected chi connectivity index (χ1v) is 11.6. The summed E-state index contributed by atoms with van der Waals surface area (Å²) in [7, 11) is -3.40. The lowest BCUT2D eigenvalue weighted by Crippen LogP contribution is -2.23. The molecule has 3 aromatic carbocycles. The maximum absolute atomic E-state index is 14.0. The molecule has 0 atom stereocenters. The molecule has 0 N–H and O–H groups in total. The molecule has 5 nitrogen and oxygen atoms in total. The second kappa shape index (κ2) is 8.29. The second-order valence-corrected chi connectivity index (χ2v) is 9.47. The summed E-state index contributed by atoms with van der Waals surface area (Å²) in [5, 5.41) is 4.08. The first kappa shape index (κ1) is 21.9. The fraction of sp³-hybridized carbons (Fsp3) is 0.0435. The summed E-state index contributed by atoms with van der Waals surface area (Å²) in [6.07, 6.45) is 2.52. The first-order valence-electron chi connectivity index (χ1n) is 9.29. The Morgan fingerprint density at radius 3 is 2.12 bits per heavy atom. The van der Waals surface area contributed by atoms with E-state index in [2.05, 4.69) is 5.10 Å². The Hall–Kier alpha value is -3.36. The van der Waals surface area contributed by atoms with Crippen LogP contribution in [0.4, 0.5) is 8.78 Å². The van der Waals surface area contributed by atoms with E-state index in [4.69, 9.17) is 11.6 Å². The molecule has 0 radical (unpaired) electrons. The predicted molar refractivity (Wildman–Crippen MR) is 119 cm³/mol. The number of hydrogen-bond acceptors (Lipinski definition) is 4. The van der Waals surface area contributed by atoms with Gasteiger partial charge in [0.2, 0.25) is 0 Å². The van der Waals surface area contributed by atoms with E-state index in [1.54, 1.807) is 12.1 Å². The van der Waals surface area contributed by atoms with Crippen LogP contribution in [-0.4, -0.2) is 24.5 Å². The fourth-order valence-electron chi connectivity index (χ4n) is 3.25. The van der Waals surface area contributed by atoms with Crippen LogP contribution in [0.2, 0.25) is 5.02 Å². The minimum Gasteiger partial charge on any atom is -0.267 e. The number of aromatic nitrogens is 2. The molecule has 0 unspecified atom stereocenters. The van der Waals surface area contributed by atoms with E-state index in [-0.39, 0.29) is 21.2 Å². The zero-order valence-corrected chi connectivity index (χ0v) is 18.2.